The van der Waals surface area contributed by atoms with Gasteiger partial charge < -0.3 is 5.32 Å². The Morgan fingerprint density at radius 3 is 2.70 bits per heavy atom. The summed E-state index contributed by atoms with van der Waals surface area (Å²) in [4.78, 5) is 0. The molecule has 0 aliphatic carbocycles. The molecule has 0 bridgehead atoms. The highest BCUT2D eigenvalue weighted by Crippen LogP contribution is 2.29. The van der Waals surface area contributed by atoms with Crippen molar-refractivity contribution in [3.05, 3.63) is 46.0 Å². The predicted molar refractivity (Wildman–Crippen MR) is 80.3 cm³/mol. The maximum atomic E-state index is 14.0. The molecule has 108 valence electrons. The molecule has 1 heterocycles. The molecule has 0 radical (unpaired) electrons. The van der Waals surface area contributed by atoms with Crippen LogP contribution >= 0.6 is 11.6 Å². The van der Waals surface area contributed by atoms with Gasteiger partial charge in [0.05, 0.1) is 10.7 Å². The van der Waals surface area contributed by atoms with Crippen molar-refractivity contribution in [3.8, 4) is 5.69 Å². The Morgan fingerprint density at radius 2 is 2.10 bits per heavy atom. The minimum atomic E-state index is -0.365. The lowest BCUT2D eigenvalue weighted by molar-refractivity contribution is 0.607. The van der Waals surface area contributed by atoms with Crippen molar-refractivity contribution in [2.75, 3.05) is 13.6 Å². The number of halogens is 2. The minimum Gasteiger partial charge on any atom is -0.319 e. The van der Waals surface area contributed by atoms with E-state index in [-0.39, 0.29) is 5.82 Å². The number of benzene rings is 1. The number of nitrogens with zero attached hydrogens (tertiary/aromatic N) is 2. The SMILES string of the molecule is CNCC(C)c1c(C)nn(-c2c(F)cccc2Cl)c1C. The van der Waals surface area contributed by atoms with E-state index >= 15 is 0 Å². The minimum absolute atomic E-state index is 0.305. The van der Waals surface area contributed by atoms with Gasteiger partial charge in [-0.1, -0.05) is 24.6 Å². The summed E-state index contributed by atoms with van der Waals surface area (Å²) in [5.74, 6) is -0.0600. The van der Waals surface area contributed by atoms with Gasteiger partial charge in [0, 0.05) is 17.8 Å². The Bertz CT molecular complexity index is 602. The van der Waals surface area contributed by atoms with Gasteiger partial charge in [-0.25, -0.2) is 9.07 Å². The maximum absolute atomic E-state index is 14.0. The van der Waals surface area contributed by atoms with Crippen LogP contribution < -0.4 is 5.32 Å². The molecule has 2 aromatic rings. The van der Waals surface area contributed by atoms with Crippen LogP contribution in [-0.4, -0.2) is 23.4 Å². The summed E-state index contributed by atoms with van der Waals surface area (Å²) < 4.78 is 15.7. The Balaban J connectivity index is 2.58. The quantitative estimate of drug-likeness (QED) is 0.934. The first-order valence-electron chi connectivity index (χ1n) is 6.62. The molecule has 1 aromatic carbocycles. The molecular weight excluding hydrogens is 277 g/mol. The summed E-state index contributed by atoms with van der Waals surface area (Å²) in [7, 11) is 1.92. The number of likely N-dealkylation sites (N-methyl/N-ethyl adjacent to an activating group) is 1. The summed E-state index contributed by atoms with van der Waals surface area (Å²) >= 11 is 6.13. The van der Waals surface area contributed by atoms with Crippen molar-refractivity contribution in [2.45, 2.75) is 26.7 Å². The van der Waals surface area contributed by atoms with Crippen LogP contribution in [0.25, 0.3) is 5.69 Å². The fourth-order valence-corrected chi connectivity index (χ4v) is 2.93. The van der Waals surface area contributed by atoms with E-state index in [1.807, 2.05) is 20.9 Å². The number of aromatic nitrogens is 2. The lowest BCUT2D eigenvalue weighted by atomic mass is 9.99. The third-order valence-corrected chi connectivity index (χ3v) is 3.80. The zero-order valence-corrected chi connectivity index (χ0v) is 12.9. The third-order valence-electron chi connectivity index (χ3n) is 3.50. The lowest BCUT2D eigenvalue weighted by Gasteiger charge is -2.12. The molecular formula is C15H19ClFN3. The normalized spacial score (nSPS) is 12.7. The van der Waals surface area contributed by atoms with Gasteiger partial charge in [-0.2, -0.15) is 5.10 Å². The van der Waals surface area contributed by atoms with Gasteiger partial charge in [-0.3, -0.25) is 0 Å². The van der Waals surface area contributed by atoms with Crippen LogP contribution in [0.15, 0.2) is 18.2 Å². The highest BCUT2D eigenvalue weighted by Gasteiger charge is 2.20. The zero-order chi connectivity index (χ0) is 14.9. The fourth-order valence-electron chi connectivity index (χ4n) is 2.69. The van der Waals surface area contributed by atoms with E-state index in [0.717, 1.165) is 23.5 Å². The second-order valence-electron chi connectivity index (χ2n) is 5.03. The standard InChI is InChI=1S/C15H19ClFN3/c1-9(8-18-4)14-10(2)19-20(11(14)3)15-12(16)6-5-7-13(15)17/h5-7,9,18H,8H2,1-4H3. The molecule has 3 nitrogen and oxygen atoms in total. The highest BCUT2D eigenvalue weighted by atomic mass is 35.5. The Hall–Kier alpha value is -1.39. The summed E-state index contributed by atoms with van der Waals surface area (Å²) in [5, 5.41) is 7.99. The fraction of sp³-hybridized carbons (Fsp3) is 0.400. The molecule has 0 saturated carbocycles. The largest absolute Gasteiger partial charge is 0.319 e. The van der Waals surface area contributed by atoms with Crippen molar-refractivity contribution in [3.63, 3.8) is 0 Å². The van der Waals surface area contributed by atoms with Crippen LogP contribution in [0.1, 0.15) is 29.8 Å². The molecule has 1 unspecified atom stereocenters. The first-order valence-corrected chi connectivity index (χ1v) is 7.00. The number of para-hydroxylation sites is 1. The Morgan fingerprint density at radius 1 is 1.40 bits per heavy atom. The molecule has 0 fully saturated rings. The second kappa shape index (κ2) is 5.94. The smallest absolute Gasteiger partial charge is 0.150 e. The van der Waals surface area contributed by atoms with Crippen molar-refractivity contribution in [1.29, 1.82) is 0 Å². The van der Waals surface area contributed by atoms with Gasteiger partial charge in [0.25, 0.3) is 0 Å². The number of rotatable bonds is 4. The second-order valence-corrected chi connectivity index (χ2v) is 5.43. The van der Waals surface area contributed by atoms with E-state index in [2.05, 4.69) is 17.3 Å². The van der Waals surface area contributed by atoms with Crippen LogP contribution in [0.4, 0.5) is 4.39 Å². The van der Waals surface area contributed by atoms with Gasteiger partial charge in [0.1, 0.15) is 11.5 Å². The number of aryl methyl sites for hydroxylation is 1. The number of nitrogens with one attached hydrogen (secondary N) is 1. The molecule has 0 saturated heterocycles. The van der Waals surface area contributed by atoms with Crippen LogP contribution in [0, 0.1) is 19.7 Å². The third kappa shape index (κ3) is 2.58. The molecule has 0 aliphatic rings. The zero-order valence-electron chi connectivity index (χ0n) is 12.2. The molecule has 5 heteroatoms. The van der Waals surface area contributed by atoms with E-state index in [0.29, 0.717) is 16.6 Å². The monoisotopic (exact) mass is 295 g/mol. The molecule has 1 atom stereocenters. The van der Waals surface area contributed by atoms with Crippen molar-refractivity contribution >= 4 is 11.6 Å². The Labute approximate surface area is 123 Å². The summed E-state index contributed by atoms with van der Waals surface area (Å²) in [6.07, 6.45) is 0. The summed E-state index contributed by atoms with van der Waals surface area (Å²) in [5.41, 5.74) is 3.29. The van der Waals surface area contributed by atoms with E-state index in [1.165, 1.54) is 6.07 Å². The topological polar surface area (TPSA) is 29.9 Å². The summed E-state index contributed by atoms with van der Waals surface area (Å²) in [6, 6.07) is 4.67. The molecule has 0 amide bonds. The van der Waals surface area contributed by atoms with Crippen molar-refractivity contribution < 1.29 is 4.39 Å². The van der Waals surface area contributed by atoms with Crippen LogP contribution in [0.2, 0.25) is 5.02 Å². The highest BCUT2D eigenvalue weighted by molar-refractivity contribution is 6.32. The van der Waals surface area contributed by atoms with E-state index in [4.69, 9.17) is 11.6 Å². The molecule has 2 rings (SSSR count). The molecule has 0 aliphatic heterocycles. The molecule has 0 spiro atoms. The van der Waals surface area contributed by atoms with Crippen LogP contribution in [-0.2, 0) is 0 Å². The molecule has 1 N–H and O–H groups in total. The molecule has 20 heavy (non-hydrogen) atoms. The first kappa shape index (κ1) is 15.0. The van der Waals surface area contributed by atoms with Gasteiger partial charge >= 0.3 is 0 Å². The van der Waals surface area contributed by atoms with Gasteiger partial charge in [-0.15, -0.1) is 0 Å². The average Bonchev–Trinajstić information content (AvgIpc) is 2.65. The van der Waals surface area contributed by atoms with Crippen LogP contribution in [0.3, 0.4) is 0 Å². The van der Waals surface area contributed by atoms with Crippen molar-refractivity contribution in [2.24, 2.45) is 0 Å². The molecule has 1 aromatic heterocycles. The van der Waals surface area contributed by atoms with E-state index in [9.17, 15) is 4.39 Å². The average molecular weight is 296 g/mol. The van der Waals surface area contributed by atoms with Crippen molar-refractivity contribution in [1.82, 2.24) is 15.1 Å². The number of hydrogen-bond donors (Lipinski definition) is 1. The van der Waals surface area contributed by atoms with Gasteiger partial charge in [0.15, 0.2) is 0 Å². The number of hydrogen-bond acceptors (Lipinski definition) is 2. The Kier molecular flexibility index (Phi) is 4.45. The summed E-state index contributed by atoms with van der Waals surface area (Å²) in [6.45, 7) is 6.86. The predicted octanol–water partition coefficient (Wildman–Crippen LogP) is 3.60. The van der Waals surface area contributed by atoms with Gasteiger partial charge in [0.2, 0.25) is 0 Å². The van der Waals surface area contributed by atoms with Gasteiger partial charge in [-0.05, 0) is 38.9 Å². The van der Waals surface area contributed by atoms with E-state index < -0.39 is 0 Å². The maximum Gasteiger partial charge on any atom is 0.150 e. The first-order chi connectivity index (χ1) is 9.47. The lowest BCUT2D eigenvalue weighted by Crippen LogP contribution is -2.16. The van der Waals surface area contributed by atoms with E-state index in [1.54, 1.807) is 16.8 Å². The van der Waals surface area contributed by atoms with Crippen LogP contribution in [0.5, 0.6) is 0 Å².